The molecule has 0 aliphatic rings. The van der Waals surface area contributed by atoms with E-state index in [1.54, 1.807) is 43.3 Å². The van der Waals surface area contributed by atoms with Crippen LogP contribution in [0.15, 0.2) is 57.7 Å². The molecule has 2 aromatic heterocycles. The predicted molar refractivity (Wildman–Crippen MR) is 127 cm³/mol. The van der Waals surface area contributed by atoms with Gasteiger partial charge in [0.1, 0.15) is 40.8 Å². The van der Waals surface area contributed by atoms with Gasteiger partial charge in [0.2, 0.25) is 5.89 Å². The number of anilines is 1. The number of oxazole rings is 1. The van der Waals surface area contributed by atoms with Gasteiger partial charge in [0.25, 0.3) is 5.56 Å². The number of ether oxygens (including phenoxy) is 1. The zero-order valence-electron chi connectivity index (χ0n) is 18.2. The SMILES string of the molecule is Cc1oc(-c2ccccc2Cl)nc1COc1ccccc1-c1c(C(=O)O)c(N)[nH]c(=O)c1C(=O)O. The average molecular weight is 496 g/mol. The van der Waals surface area contributed by atoms with Crippen molar-refractivity contribution in [2.45, 2.75) is 13.5 Å². The van der Waals surface area contributed by atoms with Gasteiger partial charge in [0.15, 0.2) is 0 Å². The Morgan fingerprint density at radius 3 is 2.34 bits per heavy atom. The number of hydrogen-bond acceptors (Lipinski definition) is 7. The first-order chi connectivity index (χ1) is 16.7. The van der Waals surface area contributed by atoms with Crippen LogP contribution in [0.5, 0.6) is 5.75 Å². The summed E-state index contributed by atoms with van der Waals surface area (Å²) in [7, 11) is 0. The molecule has 0 bridgehead atoms. The lowest BCUT2D eigenvalue weighted by atomic mass is 9.94. The molecule has 4 rings (SSSR count). The van der Waals surface area contributed by atoms with Gasteiger partial charge in [-0.1, -0.05) is 41.9 Å². The van der Waals surface area contributed by atoms with E-state index < -0.39 is 34.4 Å². The van der Waals surface area contributed by atoms with Crippen molar-refractivity contribution in [2.75, 3.05) is 5.73 Å². The molecule has 11 heteroatoms. The summed E-state index contributed by atoms with van der Waals surface area (Å²) in [6.45, 7) is 1.60. The minimum Gasteiger partial charge on any atom is -0.487 e. The number of aromatic carboxylic acids is 2. The Morgan fingerprint density at radius 1 is 1.06 bits per heavy atom. The highest BCUT2D eigenvalue weighted by Gasteiger charge is 2.28. The number of aromatic nitrogens is 2. The van der Waals surface area contributed by atoms with E-state index in [9.17, 15) is 24.6 Å². The number of halogens is 1. The Bertz CT molecular complexity index is 1520. The molecule has 0 saturated carbocycles. The van der Waals surface area contributed by atoms with Crippen LogP contribution in [0.4, 0.5) is 5.82 Å². The van der Waals surface area contributed by atoms with Crippen molar-refractivity contribution in [3.8, 4) is 28.3 Å². The summed E-state index contributed by atoms with van der Waals surface area (Å²) >= 11 is 6.22. The number of aromatic amines is 1. The largest absolute Gasteiger partial charge is 0.487 e. The number of carboxylic acids is 2. The summed E-state index contributed by atoms with van der Waals surface area (Å²) in [6, 6.07) is 13.1. The van der Waals surface area contributed by atoms with Crippen molar-refractivity contribution in [1.29, 1.82) is 0 Å². The lowest BCUT2D eigenvalue weighted by molar-refractivity contribution is 0.0695. The molecule has 2 heterocycles. The fourth-order valence-electron chi connectivity index (χ4n) is 3.57. The lowest BCUT2D eigenvalue weighted by Gasteiger charge is -2.15. The number of rotatable bonds is 7. The fourth-order valence-corrected chi connectivity index (χ4v) is 3.79. The lowest BCUT2D eigenvalue weighted by Crippen LogP contribution is -2.24. The van der Waals surface area contributed by atoms with Crippen molar-refractivity contribution in [2.24, 2.45) is 0 Å². The van der Waals surface area contributed by atoms with Crippen LogP contribution >= 0.6 is 11.6 Å². The summed E-state index contributed by atoms with van der Waals surface area (Å²) in [5.74, 6) is -2.73. The second-order valence-electron chi connectivity index (χ2n) is 7.39. The second-order valence-corrected chi connectivity index (χ2v) is 7.80. The normalized spacial score (nSPS) is 10.8. The van der Waals surface area contributed by atoms with Crippen LogP contribution in [0, 0.1) is 6.92 Å². The first-order valence-corrected chi connectivity index (χ1v) is 10.5. The molecule has 0 aliphatic heterocycles. The van der Waals surface area contributed by atoms with E-state index in [1.807, 2.05) is 0 Å². The van der Waals surface area contributed by atoms with Crippen LogP contribution in [0.25, 0.3) is 22.6 Å². The molecule has 5 N–H and O–H groups in total. The van der Waals surface area contributed by atoms with Gasteiger partial charge in [0, 0.05) is 11.1 Å². The standard InChI is InChI=1S/C24H18ClN3O7/c1-11-15(27-22(35-11)12-6-2-4-8-14(12)25)10-34-16-9-5-3-7-13(16)17-18(23(30)31)20(26)28-21(29)19(17)24(32)33/h2-9H,10H2,1H3,(H,30,31)(H,32,33)(H3,26,28,29). The maximum Gasteiger partial charge on any atom is 0.342 e. The number of nitrogens with one attached hydrogen (secondary N) is 1. The molecular weight excluding hydrogens is 478 g/mol. The molecule has 178 valence electrons. The van der Waals surface area contributed by atoms with Crippen molar-refractivity contribution < 1.29 is 29.0 Å². The van der Waals surface area contributed by atoms with Crippen molar-refractivity contribution in [3.63, 3.8) is 0 Å². The van der Waals surface area contributed by atoms with E-state index in [4.69, 9.17) is 26.5 Å². The van der Waals surface area contributed by atoms with Gasteiger partial charge in [-0.3, -0.25) is 4.79 Å². The molecule has 35 heavy (non-hydrogen) atoms. The molecule has 0 unspecified atom stereocenters. The van der Waals surface area contributed by atoms with E-state index in [0.717, 1.165) is 0 Å². The smallest absolute Gasteiger partial charge is 0.342 e. The summed E-state index contributed by atoms with van der Waals surface area (Å²) in [5.41, 5.74) is 4.10. The minimum absolute atomic E-state index is 0.0626. The Morgan fingerprint density at radius 2 is 1.69 bits per heavy atom. The molecule has 0 radical (unpaired) electrons. The highest BCUT2D eigenvalue weighted by molar-refractivity contribution is 6.33. The Labute approximate surface area is 202 Å². The Kier molecular flexibility index (Phi) is 6.30. The molecule has 0 saturated heterocycles. The maximum atomic E-state index is 12.4. The van der Waals surface area contributed by atoms with Crippen LogP contribution in [0.3, 0.4) is 0 Å². The molecule has 0 aliphatic carbocycles. The van der Waals surface area contributed by atoms with E-state index in [1.165, 1.54) is 12.1 Å². The van der Waals surface area contributed by atoms with Gasteiger partial charge >= 0.3 is 11.9 Å². The molecule has 2 aromatic carbocycles. The number of carboxylic acid groups (broad SMARTS) is 2. The Balaban J connectivity index is 1.77. The minimum atomic E-state index is -1.62. The van der Waals surface area contributed by atoms with Gasteiger partial charge in [-0.15, -0.1) is 0 Å². The maximum absolute atomic E-state index is 12.4. The number of nitrogen functional groups attached to an aromatic ring is 1. The fraction of sp³-hybridized carbons (Fsp3) is 0.0833. The molecule has 0 fully saturated rings. The number of para-hydroxylation sites is 1. The summed E-state index contributed by atoms with van der Waals surface area (Å²) in [6.07, 6.45) is 0. The number of nitrogens with two attached hydrogens (primary N) is 1. The van der Waals surface area contributed by atoms with Crippen LogP contribution in [0.1, 0.15) is 32.2 Å². The number of hydrogen-bond donors (Lipinski definition) is 4. The van der Waals surface area contributed by atoms with Crippen LogP contribution in [-0.4, -0.2) is 32.1 Å². The molecule has 0 spiro atoms. The highest BCUT2D eigenvalue weighted by Crippen LogP contribution is 2.36. The van der Waals surface area contributed by atoms with E-state index in [-0.39, 0.29) is 23.5 Å². The second kappa shape index (κ2) is 9.35. The number of H-pyrrole nitrogens is 1. The van der Waals surface area contributed by atoms with Crippen LogP contribution < -0.4 is 16.0 Å². The molecule has 0 amide bonds. The molecule has 4 aromatic rings. The predicted octanol–water partition coefficient (Wildman–Crippen LogP) is 4.22. The van der Waals surface area contributed by atoms with Crippen LogP contribution in [-0.2, 0) is 6.61 Å². The van der Waals surface area contributed by atoms with Gasteiger partial charge in [-0.2, -0.15) is 0 Å². The first kappa shape index (κ1) is 23.6. The summed E-state index contributed by atoms with van der Waals surface area (Å²) < 4.78 is 11.6. The third-order valence-corrected chi connectivity index (χ3v) is 5.52. The number of nitrogens with zero attached hydrogens (tertiary/aromatic N) is 1. The van der Waals surface area contributed by atoms with Gasteiger partial charge < -0.3 is 30.1 Å². The van der Waals surface area contributed by atoms with Crippen molar-refractivity contribution >= 4 is 29.4 Å². The van der Waals surface area contributed by atoms with Crippen molar-refractivity contribution in [3.05, 3.63) is 86.5 Å². The van der Waals surface area contributed by atoms with E-state index in [0.29, 0.717) is 27.9 Å². The van der Waals surface area contributed by atoms with E-state index >= 15 is 0 Å². The van der Waals surface area contributed by atoms with Gasteiger partial charge in [-0.05, 0) is 25.1 Å². The topological polar surface area (TPSA) is 169 Å². The number of benzene rings is 2. The number of pyridine rings is 1. The first-order valence-electron chi connectivity index (χ1n) is 10.1. The third kappa shape index (κ3) is 4.46. The highest BCUT2D eigenvalue weighted by atomic mass is 35.5. The number of carbonyl (C=O) groups is 2. The molecule has 10 nitrogen and oxygen atoms in total. The zero-order chi connectivity index (χ0) is 25.3. The average Bonchev–Trinajstić information content (AvgIpc) is 3.17. The monoisotopic (exact) mass is 495 g/mol. The van der Waals surface area contributed by atoms with Crippen LogP contribution in [0.2, 0.25) is 5.02 Å². The Hall–Kier alpha value is -4.57. The van der Waals surface area contributed by atoms with Crippen molar-refractivity contribution in [1.82, 2.24) is 9.97 Å². The van der Waals surface area contributed by atoms with Gasteiger partial charge in [-0.25, -0.2) is 14.6 Å². The molecular formula is C24H18ClN3O7. The van der Waals surface area contributed by atoms with Gasteiger partial charge in [0.05, 0.1) is 10.6 Å². The molecule has 0 atom stereocenters. The summed E-state index contributed by atoms with van der Waals surface area (Å²) in [5, 5.41) is 19.8. The zero-order valence-corrected chi connectivity index (χ0v) is 18.9. The summed E-state index contributed by atoms with van der Waals surface area (Å²) in [4.78, 5) is 42.7. The third-order valence-electron chi connectivity index (χ3n) is 5.19. The number of aryl methyl sites for hydroxylation is 1. The van der Waals surface area contributed by atoms with E-state index in [2.05, 4.69) is 9.97 Å². The quantitative estimate of drug-likeness (QED) is 0.293.